The standard InChI is InChI=1S/C12H17N3OS/c1-15-11(17-12(13)14-15)8-5-9-3-6-10(16-2)7-4-9/h3-4,6-7,11H,5,8H2,1-2H3,(H2,13,14). The molecule has 0 bridgehead atoms. The molecule has 4 nitrogen and oxygen atoms in total. The van der Waals surface area contributed by atoms with Crippen molar-refractivity contribution in [1.29, 1.82) is 0 Å². The van der Waals surface area contributed by atoms with Crippen molar-refractivity contribution in [3.8, 4) is 5.75 Å². The summed E-state index contributed by atoms with van der Waals surface area (Å²) in [4.78, 5) is 0. The van der Waals surface area contributed by atoms with E-state index in [1.54, 1.807) is 18.9 Å². The molecule has 0 radical (unpaired) electrons. The number of hydrogen-bond acceptors (Lipinski definition) is 5. The Hall–Kier alpha value is -1.36. The Bertz CT molecular complexity index is 405. The molecule has 1 aliphatic heterocycles. The second kappa shape index (κ2) is 5.31. The average Bonchev–Trinajstić information content (AvgIpc) is 2.66. The van der Waals surface area contributed by atoms with Crippen molar-refractivity contribution in [2.75, 3.05) is 14.2 Å². The molecule has 0 aromatic heterocycles. The fraction of sp³-hybridized carbons (Fsp3) is 0.417. The molecule has 1 aliphatic rings. The minimum atomic E-state index is 0.358. The monoisotopic (exact) mass is 251 g/mol. The molecule has 5 heteroatoms. The highest BCUT2D eigenvalue weighted by molar-refractivity contribution is 8.14. The highest BCUT2D eigenvalue weighted by Gasteiger charge is 2.22. The van der Waals surface area contributed by atoms with Crippen LogP contribution in [0.1, 0.15) is 12.0 Å². The third-order valence-electron chi connectivity index (χ3n) is 2.77. The molecular formula is C12H17N3OS. The molecule has 0 saturated carbocycles. The van der Waals surface area contributed by atoms with E-state index in [-0.39, 0.29) is 0 Å². The Kier molecular flexibility index (Phi) is 3.78. The first kappa shape index (κ1) is 12.1. The van der Waals surface area contributed by atoms with Crippen molar-refractivity contribution in [3.63, 3.8) is 0 Å². The number of aryl methyl sites for hydroxylation is 1. The molecule has 0 saturated heterocycles. The summed E-state index contributed by atoms with van der Waals surface area (Å²) in [7, 11) is 3.64. The van der Waals surface area contributed by atoms with Gasteiger partial charge in [0.25, 0.3) is 0 Å². The highest BCUT2D eigenvalue weighted by Crippen LogP contribution is 2.26. The van der Waals surface area contributed by atoms with Crippen molar-refractivity contribution in [3.05, 3.63) is 29.8 Å². The first-order valence-electron chi connectivity index (χ1n) is 5.55. The lowest BCUT2D eigenvalue weighted by molar-refractivity contribution is 0.328. The first-order valence-corrected chi connectivity index (χ1v) is 6.43. The molecule has 0 spiro atoms. The predicted molar refractivity (Wildman–Crippen MR) is 72.1 cm³/mol. The second-order valence-electron chi connectivity index (χ2n) is 3.97. The summed E-state index contributed by atoms with van der Waals surface area (Å²) < 4.78 is 5.13. The highest BCUT2D eigenvalue weighted by atomic mass is 32.2. The van der Waals surface area contributed by atoms with Crippen molar-refractivity contribution in [1.82, 2.24) is 5.01 Å². The fourth-order valence-corrected chi connectivity index (χ4v) is 2.68. The molecule has 0 aliphatic carbocycles. The van der Waals surface area contributed by atoms with Gasteiger partial charge in [0.15, 0.2) is 5.17 Å². The van der Waals surface area contributed by atoms with Crippen molar-refractivity contribution in [2.45, 2.75) is 18.2 Å². The molecule has 1 atom stereocenters. The van der Waals surface area contributed by atoms with Gasteiger partial charge in [0.05, 0.1) is 12.5 Å². The van der Waals surface area contributed by atoms with E-state index in [0.717, 1.165) is 18.6 Å². The molecule has 2 N–H and O–H groups in total. The summed E-state index contributed by atoms with van der Waals surface area (Å²) in [5, 5.41) is 7.13. The summed E-state index contributed by atoms with van der Waals surface area (Å²) in [6.45, 7) is 0. The lowest BCUT2D eigenvalue weighted by Crippen LogP contribution is -2.20. The van der Waals surface area contributed by atoms with Gasteiger partial charge in [0, 0.05) is 7.05 Å². The first-order chi connectivity index (χ1) is 8.19. The Labute approximate surface area is 106 Å². The summed E-state index contributed by atoms with van der Waals surface area (Å²) in [5.41, 5.74) is 6.99. The van der Waals surface area contributed by atoms with Gasteiger partial charge in [-0.2, -0.15) is 5.10 Å². The minimum Gasteiger partial charge on any atom is -0.497 e. The fourth-order valence-electron chi connectivity index (χ4n) is 1.79. The largest absolute Gasteiger partial charge is 0.497 e. The van der Waals surface area contributed by atoms with Crippen molar-refractivity contribution >= 4 is 16.9 Å². The average molecular weight is 251 g/mol. The molecule has 0 fully saturated rings. The van der Waals surface area contributed by atoms with Gasteiger partial charge in [0.2, 0.25) is 0 Å². The van der Waals surface area contributed by atoms with Crippen LogP contribution in [0.15, 0.2) is 29.4 Å². The molecule has 0 amide bonds. The van der Waals surface area contributed by atoms with Crippen LogP contribution >= 0.6 is 11.8 Å². The van der Waals surface area contributed by atoms with Crippen LogP contribution < -0.4 is 10.5 Å². The van der Waals surface area contributed by atoms with E-state index >= 15 is 0 Å². The summed E-state index contributed by atoms with van der Waals surface area (Å²) in [5.74, 6) is 0.897. The summed E-state index contributed by atoms with van der Waals surface area (Å²) >= 11 is 1.63. The number of nitrogens with zero attached hydrogens (tertiary/aromatic N) is 2. The quantitative estimate of drug-likeness (QED) is 0.887. The lowest BCUT2D eigenvalue weighted by Gasteiger charge is -2.17. The van der Waals surface area contributed by atoms with Gasteiger partial charge in [-0.1, -0.05) is 23.9 Å². The van der Waals surface area contributed by atoms with Gasteiger partial charge in [-0.15, -0.1) is 0 Å². The SMILES string of the molecule is COc1ccc(CCC2SC(N)=NN2C)cc1. The van der Waals surface area contributed by atoms with Gasteiger partial charge >= 0.3 is 0 Å². The van der Waals surface area contributed by atoms with Gasteiger partial charge in [-0.25, -0.2) is 0 Å². The number of hydrazone groups is 1. The second-order valence-corrected chi connectivity index (χ2v) is 5.17. The summed E-state index contributed by atoms with van der Waals surface area (Å²) in [6.07, 6.45) is 2.06. The molecule has 1 aromatic rings. The number of nitrogens with two attached hydrogens (primary N) is 1. The number of benzene rings is 1. The maximum absolute atomic E-state index is 5.68. The van der Waals surface area contributed by atoms with Crippen LogP contribution in [0.25, 0.3) is 0 Å². The zero-order valence-corrected chi connectivity index (χ0v) is 10.9. The van der Waals surface area contributed by atoms with Gasteiger partial charge < -0.3 is 10.5 Å². The third-order valence-corrected chi connectivity index (χ3v) is 3.90. The van der Waals surface area contributed by atoms with Crippen LogP contribution in [0.3, 0.4) is 0 Å². The normalized spacial score (nSPS) is 19.3. The topological polar surface area (TPSA) is 50.9 Å². The smallest absolute Gasteiger partial charge is 0.180 e. The zero-order chi connectivity index (χ0) is 12.3. The zero-order valence-electron chi connectivity index (χ0n) is 10.1. The van der Waals surface area contributed by atoms with E-state index in [9.17, 15) is 0 Å². The Morgan fingerprint density at radius 3 is 2.65 bits per heavy atom. The van der Waals surface area contributed by atoms with Crippen LogP contribution in [-0.2, 0) is 6.42 Å². The Morgan fingerprint density at radius 2 is 2.12 bits per heavy atom. The number of hydrogen-bond donors (Lipinski definition) is 1. The van der Waals surface area contributed by atoms with Crippen molar-refractivity contribution in [2.24, 2.45) is 10.8 Å². The maximum atomic E-state index is 5.68. The van der Waals surface area contributed by atoms with Crippen LogP contribution in [0, 0.1) is 0 Å². The number of thioether (sulfide) groups is 1. The van der Waals surface area contributed by atoms with Gasteiger partial charge in [-0.3, -0.25) is 5.01 Å². The Balaban J connectivity index is 1.86. The number of amidine groups is 1. The minimum absolute atomic E-state index is 0.358. The van der Waals surface area contributed by atoms with Crippen molar-refractivity contribution < 1.29 is 4.74 Å². The molecule has 92 valence electrons. The maximum Gasteiger partial charge on any atom is 0.180 e. The lowest BCUT2D eigenvalue weighted by atomic mass is 10.1. The molecular weight excluding hydrogens is 234 g/mol. The van der Waals surface area contributed by atoms with Gasteiger partial charge in [0.1, 0.15) is 5.75 Å². The van der Waals surface area contributed by atoms with E-state index in [2.05, 4.69) is 17.2 Å². The van der Waals surface area contributed by atoms with Gasteiger partial charge in [-0.05, 0) is 30.5 Å². The van der Waals surface area contributed by atoms with E-state index in [1.165, 1.54) is 5.56 Å². The molecule has 1 unspecified atom stereocenters. The molecule has 2 rings (SSSR count). The van der Waals surface area contributed by atoms with Crippen LogP contribution in [-0.4, -0.2) is 29.7 Å². The van der Waals surface area contributed by atoms with E-state index in [4.69, 9.17) is 10.5 Å². The molecule has 1 aromatic carbocycles. The van der Waals surface area contributed by atoms with E-state index < -0.39 is 0 Å². The summed E-state index contributed by atoms with van der Waals surface area (Å²) in [6, 6.07) is 8.18. The Morgan fingerprint density at radius 1 is 1.41 bits per heavy atom. The van der Waals surface area contributed by atoms with E-state index in [1.807, 2.05) is 24.2 Å². The number of ether oxygens (including phenoxy) is 1. The number of rotatable bonds is 4. The number of methoxy groups -OCH3 is 1. The van der Waals surface area contributed by atoms with Crippen LogP contribution in [0.4, 0.5) is 0 Å². The predicted octanol–water partition coefficient (Wildman–Crippen LogP) is 1.86. The van der Waals surface area contributed by atoms with Crippen LogP contribution in [0.2, 0.25) is 0 Å². The molecule has 1 heterocycles. The third kappa shape index (κ3) is 3.06. The van der Waals surface area contributed by atoms with Crippen LogP contribution in [0.5, 0.6) is 5.75 Å². The van der Waals surface area contributed by atoms with E-state index in [0.29, 0.717) is 10.5 Å². The molecule has 17 heavy (non-hydrogen) atoms.